The quantitative estimate of drug-likeness (QED) is 0.584. The first-order valence-corrected chi connectivity index (χ1v) is 6.72. The number of rotatable bonds is 9. The predicted molar refractivity (Wildman–Crippen MR) is 69.8 cm³/mol. The van der Waals surface area contributed by atoms with Gasteiger partial charge in [0.15, 0.2) is 0 Å². The summed E-state index contributed by atoms with van der Waals surface area (Å²) in [5.74, 6) is 0. The molecule has 1 nitrogen and oxygen atoms in total. The summed E-state index contributed by atoms with van der Waals surface area (Å²) < 4.78 is 0. The first-order chi connectivity index (χ1) is 7.26. The maximum absolute atomic E-state index is 6.17. The molecule has 0 bridgehead atoms. The number of unbranched alkanes of at least 4 members (excludes halogenated alkanes) is 3. The summed E-state index contributed by atoms with van der Waals surface area (Å²) in [5, 5.41) is 0. The lowest BCUT2D eigenvalue weighted by molar-refractivity contribution is 0.683. The van der Waals surface area contributed by atoms with Crippen LogP contribution < -0.4 is 5.73 Å². The first kappa shape index (κ1) is 14.5. The molecule has 0 atom stereocenters. The van der Waals surface area contributed by atoms with Crippen molar-refractivity contribution >= 4 is 0 Å². The third-order valence-corrected chi connectivity index (χ3v) is 2.92. The molecule has 0 aliphatic heterocycles. The van der Waals surface area contributed by atoms with Gasteiger partial charge in [-0.2, -0.15) is 0 Å². The van der Waals surface area contributed by atoms with Gasteiger partial charge in [-0.3, -0.25) is 0 Å². The normalized spacial score (nSPS) is 10.3. The maximum Gasteiger partial charge on any atom is 0.00723 e. The van der Waals surface area contributed by atoms with E-state index in [1.807, 2.05) is 0 Å². The van der Waals surface area contributed by atoms with Crippen LogP contribution in [-0.4, -0.2) is 0 Å². The van der Waals surface area contributed by atoms with E-state index in [1.54, 1.807) is 5.57 Å². The van der Waals surface area contributed by atoms with Crippen LogP contribution in [0.5, 0.6) is 0 Å². The van der Waals surface area contributed by atoms with Crippen molar-refractivity contribution in [3.05, 3.63) is 11.3 Å². The molecule has 0 amide bonds. The lowest BCUT2D eigenvalue weighted by Crippen LogP contribution is -2.03. The van der Waals surface area contributed by atoms with Crippen molar-refractivity contribution in [2.45, 2.75) is 78.6 Å². The lowest BCUT2D eigenvalue weighted by Gasteiger charge is -2.11. The van der Waals surface area contributed by atoms with Crippen molar-refractivity contribution in [2.75, 3.05) is 0 Å². The molecule has 1 heteroatoms. The molecule has 0 aromatic heterocycles. The van der Waals surface area contributed by atoms with Gasteiger partial charge in [0.2, 0.25) is 0 Å². The number of hydrogen-bond acceptors (Lipinski definition) is 1. The fourth-order valence-corrected chi connectivity index (χ4v) is 1.77. The van der Waals surface area contributed by atoms with Crippen molar-refractivity contribution in [1.82, 2.24) is 0 Å². The molecule has 0 heterocycles. The number of nitrogens with two attached hydrogens (primary N) is 1. The zero-order chi connectivity index (χ0) is 11.5. The highest BCUT2D eigenvalue weighted by Gasteiger charge is 2.03. The summed E-state index contributed by atoms with van der Waals surface area (Å²) in [6.45, 7) is 6.73. The fraction of sp³-hybridized carbons (Fsp3) is 0.857. The van der Waals surface area contributed by atoms with E-state index in [0.717, 1.165) is 6.42 Å². The number of hydrogen-bond donors (Lipinski definition) is 1. The molecule has 0 spiro atoms. The van der Waals surface area contributed by atoms with Crippen molar-refractivity contribution in [2.24, 2.45) is 5.73 Å². The van der Waals surface area contributed by atoms with E-state index >= 15 is 0 Å². The van der Waals surface area contributed by atoms with E-state index in [0.29, 0.717) is 0 Å². The molecule has 2 N–H and O–H groups in total. The average molecular weight is 211 g/mol. The van der Waals surface area contributed by atoms with Gasteiger partial charge in [-0.1, -0.05) is 45.6 Å². The third kappa shape index (κ3) is 7.47. The van der Waals surface area contributed by atoms with E-state index in [4.69, 9.17) is 5.73 Å². The molecule has 0 aliphatic carbocycles. The summed E-state index contributed by atoms with van der Waals surface area (Å²) in [7, 11) is 0. The molecule has 90 valence electrons. The predicted octanol–water partition coefficient (Wildman–Crippen LogP) is 4.77. The van der Waals surface area contributed by atoms with Gasteiger partial charge in [0.25, 0.3) is 0 Å². The Kier molecular flexibility index (Phi) is 9.76. The van der Waals surface area contributed by atoms with Crippen LogP contribution in [-0.2, 0) is 0 Å². The summed E-state index contributed by atoms with van der Waals surface area (Å²) in [5.41, 5.74) is 8.91. The maximum atomic E-state index is 6.17. The largest absolute Gasteiger partial charge is 0.402 e. The molecule has 0 aromatic rings. The van der Waals surface area contributed by atoms with Gasteiger partial charge in [0, 0.05) is 5.70 Å². The molecule has 0 saturated heterocycles. The molecule has 0 saturated carbocycles. The average Bonchev–Trinajstić information content (AvgIpc) is 2.26. The Labute approximate surface area is 96.1 Å². The van der Waals surface area contributed by atoms with Crippen molar-refractivity contribution in [3.8, 4) is 0 Å². The second-order valence-corrected chi connectivity index (χ2v) is 4.44. The van der Waals surface area contributed by atoms with Gasteiger partial charge in [-0.05, 0) is 38.5 Å². The molecule has 0 aromatic carbocycles. The second-order valence-electron chi connectivity index (χ2n) is 4.44. The van der Waals surface area contributed by atoms with E-state index in [9.17, 15) is 0 Å². The summed E-state index contributed by atoms with van der Waals surface area (Å²) in [4.78, 5) is 0. The molecule has 0 fully saturated rings. The van der Waals surface area contributed by atoms with Crippen molar-refractivity contribution < 1.29 is 0 Å². The minimum atomic E-state index is 1.11. The van der Waals surface area contributed by atoms with Gasteiger partial charge < -0.3 is 5.73 Å². The van der Waals surface area contributed by atoms with Crippen LogP contribution in [0.3, 0.4) is 0 Å². The fourth-order valence-electron chi connectivity index (χ4n) is 1.77. The molecule has 15 heavy (non-hydrogen) atoms. The van der Waals surface area contributed by atoms with Crippen LogP contribution in [0.1, 0.15) is 78.6 Å². The monoisotopic (exact) mass is 211 g/mol. The summed E-state index contributed by atoms with van der Waals surface area (Å²) >= 11 is 0. The van der Waals surface area contributed by atoms with Gasteiger partial charge in [-0.25, -0.2) is 0 Å². The summed E-state index contributed by atoms with van der Waals surface area (Å²) in [6, 6.07) is 0. The zero-order valence-electron chi connectivity index (χ0n) is 10.9. The van der Waals surface area contributed by atoms with Crippen LogP contribution in [0, 0.1) is 0 Å². The Morgan fingerprint density at radius 2 is 1.13 bits per heavy atom. The smallest absolute Gasteiger partial charge is 0.00723 e. The Bertz CT molecular complexity index is 160. The second kappa shape index (κ2) is 10.1. The molecule has 0 unspecified atom stereocenters. The highest BCUT2D eigenvalue weighted by Crippen LogP contribution is 2.19. The van der Waals surface area contributed by atoms with Crippen molar-refractivity contribution in [3.63, 3.8) is 0 Å². The highest BCUT2D eigenvalue weighted by atomic mass is 14.6. The Morgan fingerprint density at radius 1 is 0.733 bits per heavy atom. The van der Waals surface area contributed by atoms with E-state index in [2.05, 4.69) is 20.8 Å². The van der Waals surface area contributed by atoms with E-state index in [1.165, 1.54) is 57.1 Å². The molecule has 0 aliphatic rings. The number of allylic oxidation sites excluding steroid dienone is 2. The Balaban J connectivity index is 4.14. The van der Waals surface area contributed by atoms with Crippen molar-refractivity contribution in [1.29, 1.82) is 0 Å². The van der Waals surface area contributed by atoms with Gasteiger partial charge in [0.1, 0.15) is 0 Å². The summed E-state index contributed by atoms with van der Waals surface area (Å²) in [6.07, 6.45) is 11.2. The zero-order valence-corrected chi connectivity index (χ0v) is 10.9. The molecular formula is C14H29N. The molecule has 0 rings (SSSR count). The lowest BCUT2D eigenvalue weighted by atomic mass is 9.98. The van der Waals surface area contributed by atoms with Crippen LogP contribution in [0.4, 0.5) is 0 Å². The SMILES string of the molecule is CCCCC(N)=C(CCCC)CCCC. The van der Waals surface area contributed by atoms with Crippen LogP contribution in [0.2, 0.25) is 0 Å². The van der Waals surface area contributed by atoms with E-state index < -0.39 is 0 Å². The third-order valence-electron chi connectivity index (χ3n) is 2.92. The minimum Gasteiger partial charge on any atom is -0.402 e. The molecule has 0 radical (unpaired) electrons. The van der Waals surface area contributed by atoms with Gasteiger partial charge >= 0.3 is 0 Å². The van der Waals surface area contributed by atoms with Crippen LogP contribution >= 0.6 is 0 Å². The van der Waals surface area contributed by atoms with Crippen LogP contribution in [0.25, 0.3) is 0 Å². The highest BCUT2D eigenvalue weighted by molar-refractivity contribution is 5.11. The van der Waals surface area contributed by atoms with Gasteiger partial charge in [0.05, 0.1) is 0 Å². The minimum absolute atomic E-state index is 1.11. The van der Waals surface area contributed by atoms with Gasteiger partial charge in [-0.15, -0.1) is 0 Å². The Hall–Kier alpha value is -0.460. The standard InChI is InChI=1S/C14H29N/c1-4-7-10-13(11-8-5-2)14(15)12-9-6-3/h4-12,15H2,1-3H3. The van der Waals surface area contributed by atoms with Crippen LogP contribution in [0.15, 0.2) is 11.3 Å². The topological polar surface area (TPSA) is 26.0 Å². The first-order valence-electron chi connectivity index (χ1n) is 6.72. The molecular weight excluding hydrogens is 182 g/mol. The Morgan fingerprint density at radius 3 is 1.53 bits per heavy atom. The van der Waals surface area contributed by atoms with E-state index in [-0.39, 0.29) is 0 Å².